The summed E-state index contributed by atoms with van der Waals surface area (Å²) in [4.78, 5) is 0. The van der Waals surface area contributed by atoms with Crippen molar-refractivity contribution in [2.24, 2.45) is 0 Å². The van der Waals surface area contributed by atoms with Crippen LogP contribution in [0.3, 0.4) is 0 Å². The van der Waals surface area contributed by atoms with Crippen LogP contribution in [-0.4, -0.2) is 30.5 Å². The molecule has 102 valence electrons. The van der Waals surface area contributed by atoms with Crippen molar-refractivity contribution in [3.63, 3.8) is 0 Å². The van der Waals surface area contributed by atoms with Crippen molar-refractivity contribution in [1.29, 1.82) is 0 Å². The molecule has 0 amide bonds. The summed E-state index contributed by atoms with van der Waals surface area (Å²) < 4.78 is 32.2. The summed E-state index contributed by atoms with van der Waals surface area (Å²) in [6.07, 6.45) is -0.807. The molecule has 0 heterocycles. The summed E-state index contributed by atoms with van der Waals surface area (Å²) in [5.41, 5.74) is 0.144. The molecule has 0 radical (unpaired) electrons. The van der Waals surface area contributed by atoms with E-state index in [0.717, 1.165) is 0 Å². The van der Waals surface area contributed by atoms with Crippen molar-refractivity contribution < 1.29 is 18.6 Å². The van der Waals surface area contributed by atoms with Gasteiger partial charge in [0.2, 0.25) is 0 Å². The number of aliphatic hydroxyl groups excluding tert-OH is 1. The van der Waals surface area contributed by atoms with Crippen LogP contribution in [-0.2, 0) is 4.74 Å². The quantitative estimate of drug-likeness (QED) is 0.824. The Morgan fingerprint density at radius 2 is 2.00 bits per heavy atom. The summed E-state index contributed by atoms with van der Waals surface area (Å²) in [5.74, 6) is -1.30. The lowest BCUT2D eigenvalue weighted by molar-refractivity contribution is 0.0111. The van der Waals surface area contributed by atoms with Crippen LogP contribution < -0.4 is 5.32 Å². The molecule has 1 unspecified atom stereocenters. The second-order valence-corrected chi connectivity index (χ2v) is 4.47. The van der Waals surface area contributed by atoms with E-state index < -0.39 is 17.7 Å². The summed E-state index contributed by atoms with van der Waals surface area (Å²) in [6.45, 7) is 5.40. The number of ether oxygens (including phenoxy) is 1. The summed E-state index contributed by atoms with van der Waals surface area (Å²) in [7, 11) is 0. The zero-order valence-electron chi connectivity index (χ0n) is 10.8. The molecule has 0 spiro atoms. The predicted molar refractivity (Wildman–Crippen MR) is 66.7 cm³/mol. The zero-order chi connectivity index (χ0) is 13.7. The van der Waals surface area contributed by atoms with Gasteiger partial charge in [-0.1, -0.05) is 6.07 Å². The summed E-state index contributed by atoms with van der Waals surface area (Å²) >= 11 is 0. The van der Waals surface area contributed by atoms with Gasteiger partial charge in [-0.15, -0.1) is 0 Å². The van der Waals surface area contributed by atoms with Gasteiger partial charge in [0.15, 0.2) is 5.82 Å². The molecule has 0 bridgehead atoms. The standard InChI is InChI=1S/C13H19F2NO2/c1-8(2)18-7-10(17)6-16-13-11(14)5-4-9(3)12(13)15/h4-5,8,10,16-17H,6-7H2,1-3H3. The second kappa shape index (κ2) is 6.66. The molecule has 0 fully saturated rings. The molecule has 5 heteroatoms. The molecule has 18 heavy (non-hydrogen) atoms. The van der Waals surface area contributed by atoms with Gasteiger partial charge in [-0.25, -0.2) is 8.78 Å². The van der Waals surface area contributed by atoms with E-state index in [1.165, 1.54) is 12.1 Å². The summed E-state index contributed by atoms with van der Waals surface area (Å²) in [5, 5.41) is 12.1. The minimum Gasteiger partial charge on any atom is -0.389 e. The first-order valence-corrected chi connectivity index (χ1v) is 5.90. The number of hydrogen-bond acceptors (Lipinski definition) is 3. The highest BCUT2D eigenvalue weighted by molar-refractivity contribution is 5.48. The smallest absolute Gasteiger partial charge is 0.152 e. The lowest BCUT2D eigenvalue weighted by Gasteiger charge is -2.16. The molecule has 0 aromatic heterocycles. The molecule has 1 aromatic rings. The van der Waals surface area contributed by atoms with E-state index in [-0.39, 0.29) is 24.9 Å². The first-order chi connectivity index (χ1) is 8.41. The third kappa shape index (κ3) is 4.23. The molecule has 1 rings (SSSR count). The molecule has 0 aliphatic rings. The first-order valence-electron chi connectivity index (χ1n) is 5.90. The number of aryl methyl sites for hydroxylation is 1. The zero-order valence-corrected chi connectivity index (χ0v) is 10.8. The maximum atomic E-state index is 13.6. The number of aliphatic hydroxyl groups is 1. The lowest BCUT2D eigenvalue weighted by Crippen LogP contribution is -2.27. The average molecular weight is 259 g/mol. The van der Waals surface area contributed by atoms with Gasteiger partial charge in [-0.3, -0.25) is 0 Å². The molecule has 3 nitrogen and oxygen atoms in total. The van der Waals surface area contributed by atoms with Gasteiger partial charge >= 0.3 is 0 Å². The molecular formula is C13H19F2NO2. The Balaban J connectivity index is 2.55. The molecule has 1 aromatic carbocycles. The maximum Gasteiger partial charge on any atom is 0.152 e. The van der Waals surface area contributed by atoms with Crippen LogP contribution in [0.25, 0.3) is 0 Å². The lowest BCUT2D eigenvalue weighted by atomic mass is 10.2. The van der Waals surface area contributed by atoms with Gasteiger partial charge in [0.25, 0.3) is 0 Å². The van der Waals surface area contributed by atoms with E-state index in [2.05, 4.69) is 5.32 Å². The van der Waals surface area contributed by atoms with Gasteiger partial charge in [0, 0.05) is 6.54 Å². The second-order valence-electron chi connectivity index (χ2n) is 4.47. The largest absolute Gasteiger partial charge is 0.389 e. The molecule has 2 N–H and O–H groups in total. The SMILES string of the molecule is Cc1ccc(F)c(NCC(O)COC(C)C)c1F. The monoisotopic (exact) mass is 259 g/mol. The van der Waals surface area contributed by atoms with E-state index >= 15 is 0 Å². The van der Waals surface area contributed by atoms with Crippen LogP contribution in [0.15, 0.2) is 12.1 Å². The number of hydrogen-bond donors (Lipinski definition) is 2. The highest BCUT2D eigenvalue weighted by atomic mass is 19.1. The summed E-state index contributed by atoms with van der Waals surface area (Å²) in [6, 6.07) is 2.56. The van der Waals surface area contributed by atoms with Crippen LogP contribution in [0.1, 0.15) is 19.4 Å². The Morgan fingerprint density at radius 1 is 1.33 bits per heavy atom. The van der Waals surface area contributed by atoms with Crippen molar-refractivity contribution in [1.82, 2.24) is 0 Å². The van der Waals surface area contributed by atoms with Crippen LogP contribution in [0.4, 0.5) is 14.5 Å². The minimum absolute atomic E-state index is 0.00657. The maximum absolute atomic E-state index is 13.6. The Morgan fingerprint density at radius 3 is 2.61 bits per heavy atom. The van der Waals surface area contributed by atoms with E-state index in [9.17, 15) is 13.9 Å². The van der Waals surface area contributed by atoms with Gasteiger partial charge in [-0.2, -0.15) is 0 Å². The Labute approximate surface area is 106 Å². The van der Waals surface area contributed by atoms with Crippen LogP contribution in [0.5, 0.6) is 0 Å². The number of halogens is 2. The minimum atomic E-state index is -0.813. The van der Waals surface area contributed by atoms with Crippen molar-refractivity contribution in [2.45, 2.75) is 33.0 Å². The molecule has 0 aliphatic heterocycles. The third-order valence-corrected chi connectivity index (χ3v) is 2.42. The Hall–Kier alpha value is -1.20. The Kier molecular flexibility index (Phi) is 5.50. The average Bonchev–Trinajstić information content (AvgIpc) is 2.31. The fourth-order valence-corrected chi connectivity index (χ4v) is 1.40. The topological polar surface area (TPSA) is 41.5 Å². The van der Waals surface area contributed by atoms with E-state index in [1.54, 1.807) is 6.92 Å². The highest BCUT2D eigenvalue weighted by Crippen LogP contribution is 2.21. The van der Waals surface area contributed by atoms with Gasteiger partial charge in [0.05, 0.1) is 18.8 Å². The van der Waals surface area contributed by atoms with Crippen molar-refractivity contribution in [2.75, 3.05) is 18.5 Å². The van der Waals surface area contributed by atoms with E-state index in [4.69, 9.17) is 4.74 Å². The number of anilines is 1. The third-order valence-electron chi connectivity index (χ3n) is 2.42. The molecule has 0 saturated carbocycles. The highest BCUT2D eigenvalue weighted by Gasteiger charge is 2.13. The normalized spacial score (nSPS) is 12.8. The number of nitrogens with one attached hydrogen (secondary N) is 1. The fourth-order valence-electron chi connectivity index (χ4n) is 1.40. The van der Waals surface area contributed by atoms with Gasteiger partial charge in [-0.05, 0) is 32.4 Å². The van der Waals surface area contributed by atoms with E-state index in [0.29, 0.717) is 5.56 Å². The fraction of sp³-hybridized carbons (Fsp3) is 0.538. The van der Waals surface area contributed by atoms with Gasteiger partial charge < -0.3 is 15.2 Å². The molecule has 0 aliphatic carbocycles. The van der Waals surface area contributed by atoms with Crippen molar-refractivity contribution in [3.05, 3.63) is 29.3 Å². The van der Waals surface area contributed by atoms with Crippen molar-refractivity contribution in [3.8, 4) is 0 Å². The Bertz CT molecular complexity index is 397. The predicted octanol–water partition coefficient (Wildman–Crippen LogP) is 2.47. The number of rotatable bonds is 6. The van der Waals surface area contributed by atoms with Crippen LogP contribution in [0.2, 0.25) is 0 Å². The molecule has 0 saturated heterocycles. The first kappa shape index (κ1) is 14.9. The van der Waals surface area contributed by atoms with Gasteiger partial charge in [0.1, 0.15) is 11.5 Å². The molecular weight excluding hydrogens is 240 g/mol. The van der Waals surface area contributed by atoms with E-state index in [1.807, 2.05) is 13.8 Å². The van der Waals surface area contributed by atoms with Crippen LogP contribution in [0, 0.1) is 18.6 Å². The number of benzene rings is 1. The van der Waals surface area contributed by atoms with Crippen LogP contribution >= 0.6 is 0 Å². The molecule has 1 atom stereocenters. The van der Waals surface area contributed by atoms with Crippen molar-refractivity contribution >= 4 is 5.69 Å².